The van der Waals surface area contributed by atoms with E-state index in [-0.39, 0.29) is 17.2 Å². The van der Waals surface area contributed by atoms with Crippen LogP contribution in [0.2, 0.25) is 5.02 Å². The Labute approximate surface area is 211 Å². The fraction of sp³-hybridized carbons (Fsp3) is 0.286. The summed E-state index contributed by atoms with van der Waals surface area (Å²) in [6.07, 6.45) is 3.07. The van der Waals surface area contributed by atoms with E-state index >= 15 is 0 Å². The number of rotatable bonds is 5. The van der Waals surface area contributed by atoms with E-state index in [0.717, 1.165) is 24.3 Å². The first kappa shape index (κ1) is 24.6. The third-order valence-corrected chi connectivity index (χ3v) is 6.20. The maximum Gasteiger partial charge on any atom is 0.248 e. The molecule has 2 amide bonds. The number of nitrogens with one attached hydrogen (secondary N) is 1. The summed E-state index contributed by atoms with van der Waals surface area (Å²) < 4.78 is 5.79. The Hall–Kier alpha value is -3.51. The summed E-state index contributed by atoms with van der Waals surface area (Å²) in [5.41, 5.74) is 2.23. The van der Waals surface area contributed by atoms with Crippen LogP contribution in [0.1, 0.15) is 26.5 Å². The maximum atomic E-state index is 12.5. The molecule has 35 heavy (non-hydrogen) atoms. The van der Waals surface area contributed by atoms with Crippen LogP contribution in [0.4, 0.5) is 11.4 Å². The lowest BCUT2D eigenvalue weighted by atomic mass is 9.94. The van der Waals surface area contributed by atoms with Crippen LogP contribution < -0.4 is 10.2 Å². The third kappa shape index (κ3) is 6.14. The molecule has 1 aromatic heterocycles. The van der Waals surface area contributed by atoms with Gasteiger partial charge in [0.05, 0.1) is 5.02 Å². The Morgan fingerprint density at radius 1 is 0.943 bits per heavy atom. The monoisotopic (exact) mass is 491 g/mol. The maximum absolute atomic E-state index is 12.5. The molecule has 1 fully saturated rings. The molecule has 0 saturated carbocycles. The van der Waals surface area contributed by atoms with Crippen molar-refractivity contribution in [2.24, 2.45) is 5.41 Å². The zero-order chi connectivity index (χ0) is 25.0. The van der Waals surface area contributed by atoms with Crippen LogP contribution in [0.3, 0.4) is 0 Å². The highest BCUT2D eigenvalue weighted by Gasteiger charge is 2.29. The van der Waals surface area contributed by atoms with Gasteiger partial charge in [-0.05, 0) is 54.6 Å². The standard InChI is InChI=1S/C28H30ClN3O3/c1-28(2,3)27(34)32-18-16-31(17-19-32)21-10-8-20(9-11-21)30-26(33)15-13-22-12-14-25(35-22)23-6-4-5-7-24(23)29/h4-15H,16-19H2,1-3H3,(H,30,33)/b15-13+. The Morgan fingerprint density at radius 2 is 1.63 bits per heavy atom. The summed E-state index contributed by atoms with van der Waals surface area (Å²) in [7, 11) is 0. The second-order valence-corrected chi connectivity index (χ2v) is 9.99. The predicted octanol–water partition coefficient (Wildman–Crippen LogP) is 5.95. The van der Waals surface area contributed by atoms with Crippen molar-refractivity contribution < 1.29 is 14.0 Å². The summed E-state index contributed by atoms with van der Waals surface area (Å²) in [5.74, 6) is 1.16. The second-order valence-electron chi connectivity index (χ2n) is 9.58. The highest BCUT2D eigenvalue weighted by Crippen LogP contribution is 2.29. The highest BCUT2D eigenvalue weighted by atomic mass is 35.5. The number of halogens is 1. The van der Waals surface area contributed by atoms with Crippen molar-refractivity contribution in [3.63, 3.8) is 0 Å². The quantitative estimate of drug-likeness (QED) is 0.448. The van der Waals surface area contributed by atoms with Gasteiger partial charge >= 0.3 is 0 Å². The molecule has 0 aliphatic carbocycles. The smallest absolute Gasteiger partial charge is 0.248 e. The van der Waals surface area contributed by atoms with Gasteiger partial charge in [-0.3, -0.25) is 9.59 Å². The number of nitrogens with zero attached hydrogens (tertiary/aromatic N) is 2. The van der Waals surface area contributed by atoms with Gasteiger partial charge in [0.2, 0.25) is 11.8 Å². The molecule has 1 N–H and O–H groups in total. The zero-order valence-corrected chi connectivity index (χ0v) is 21.0. The summed E-state index contributed by atoms with van der Waals surface area (Å²) >= 11 is 6.22. The van der Waals surface area contributed by atoms with E-state index in [0.29, 0.717) is 35.3 Å². The molecule has 1 aliphatic rings. The van der Waals surface area contributed by atoms with Gasteiger partial charge in [0.25, 0.3) is 0 Å². The van der Waals surface area contributed by atoms with E-state index in [2.05, 4.69) is 10.2 Å². The van der Waals surface area contributed by atoms with Gasteiger partial charge in [-0.2, -0.15) is 0 Å². The summed E-state index contributed by atoms with van der Waals surface area (Å²) in [6, 6.07) is 18.8. The minimum Gasteiger partial charge on any atom is -0.457 e. The number of carbonyl (C=O) groups excluding carboxylic acids is 2. The van der Waals surface area contributed by atoms with E-state index in [9.17, 15) is 9.59 Å². The normalized spacial score (nSPS) is 14.4. The molecule has 1 aliphatic heterocycles. The van der Waals surface area contributed by atoms with E-state index < -0.39 is 0 Å². The second kappa shape index (κ2) is 10.4. The molecule has 3 aromatic rings. The molecule has 182 valence electrons. The number of amides is 2. The number of furan rings is 1. The summed E-state index contributed by atoms with van der Waals surface area (Å²) in [5, 5.41) is 3.48. The van der Waals surface area contributed by atoms with Gasteiger partial charge in [0, 0.05) is 54.6 Å². The molecule has 7 heteroatoms. The van der Waals surface area contributed by atoms with Crippen LogP contribution in [-0.4, -0.2) is 42.9 Å². The SMILES string of the molecule is CC(C)(C)C(=O)N1CCN(c2ccc(NC(=O)/C=C/c3ccc(-c4ccccc4Cl)o3)cc2)CC1. The summed E-state index contributed by atoms with van der Waals surface area (Å²) in [4.78, 5) is 29.1. The number of anilines is 2. The highest BCUT2D eigenvalue weighted by molar-refractivity contribution is 6.33. The minimum atomic E-state index is -0.356. The average Bonchev–Trinajstić information content (AvgIpc) is 3.31. The zero-order valence-electron chi connectivity index (χ0n) is 20.3. The van der Waals surface area contributed by atoms with E-state index in [1.54, 1.807) is 12.1 Å². The molecule has 0 unspecified atom stereocenters. The molecule has 0 radical (unpaired) electrons. The van der Waals surface area contributed by atoms with Crippen molar-refractivity contribution in [3.8, 4) is 11.3 Å². The largest absolute Gasteiger partial charge is 0.457 e. The van der Waals surface area contributed by atoms with Crippen LogP contribution in [0.5, 0.6) is 0 Å². The lowest BCUT2D eigenvalue weighted by Gasteiger charge is -2.38. The predicted molar refractivity (Wildman–Crippen MR) is 142 cm³/mol. The van der Waals surface area contributed by atoms with Crippen LogP contribution in [0.15, 0.2) is 71.2 Å². The molecule has 0 atom stereocenters. The van der Waals surface area contributed by atoms with E-state index in [4.69, 9.17) is 16.0 Å². The van der Waals surface area contributed by atoms with Gasteiger partial charge in [0.1, 0.15) is 11.5 Å². The van der Waals surface area contributed by atoms with Gasteiger partial charge < -0.3 is 19.5 Å². The van der Waals surface area contributed by atoms with Crippen molar-refractivity contribution in [3.05, 3.63) is 77.5 Å². The molecule has 2 aromatic carbocycles. The Balaban J connectivity index is 1.30. The number of hydrogen-bond acceptors (Lipinski definition) is 4. The van der Waals surface area contributed by atoms with Crippen LogP contribution >= 0.6 is 11.6 Å². The number of piperazine rings is 1. The van der Waals surface area contributed by atoms with Gasteiger partial charge in [-0.15, -0.1) is 0 Å². The van der Waals surface area contributed by atoms with Crippen molar-refractivity contribution in [2.45, 2.75) is 20.8 Å². The fourth-order valence-corrected chi connectivity index (χ4v) is 4.22. The lowest BCUT2D eigenvalue weighted by Crippen LogP contribution is -2.51. The van der Waals surface area contributed by atoms with Crippen LogP contribution in [0.25, 0.3) is 17.4 Å². The van der Waals surface area contributed by atoms with Gasteiger partial charge in [-0.25, -0.2) is 0 Å². The molecule has 2 heterocycles. The molecular weight excluding hydrogens is 462 g/mol. The molecule has 4 rings (SSSR count). The topological polar surface area (TPSA) is 65.8 Å². The fourth-order valence-electron chi connectivity index (χ4n) is 3.99. The third-order valence-electron chi connectivity index (χ3n) is 5.87. The molecule has 0 bridgehead atoms. The summed E-state index contributed by atoms with van der Waals surface area (Å²) in [6.45, 7) is 8.86. The first-order valence-corrected chi connectivity index (χ1v) is 12.1. The van der Waals surface area contributed by atoms with E-state index in [1.807, 2.05) is 80.3 Å². The first-order chi connectivity index (χ1) is 16.7. The van der Waals surface area contributed by atoms with E-state index in [1.165, 1.54) is 6.08 Å². The number of carbonyl (C=O) groups is 2. The molecule has 0 spiro atoms. The first-order valence-electron chi connectivity index (χ1n) is 11.7. The number of hydrogen-bond donors (Lipinski definition) is 1. The van der Waals surface area contributed by atoms with Gasteiger partial charge in [0.15, 0.2) is 0 Å². The Kier molecular flexibility index (Phi) is 7.31. The molecular formula is C28H30ClN3O3. The molecule has 6 nitrogen and oxygen atoms in total. The Morgan fingerprint density at radius 3 is 2.29 bits per heavy atom. The minimum absolute atomic E-state index is 0.193. The van der Waals surface area contributed by atoms with Gasteiger partial charge in [-0.1, -0.05) is 44.5 Å². The van der Waals surface area contributed by atoms with Crippen molar-refractivity contribution in [1.29, 1.82) is 0 Å². The van der Waals surface area contributed by atoms with Crippen molar-refractivity contribution in [2.75, 3.05) is 36.4 Å². The van der Waals surface area contributed by atoms with Crippen molar-refractivity contribution >= 4 is 40.9 Å². The molecule has 1 saturated heterocycles. The van der Waals surface area contributed by atoms with Crippen LogP contribution in [0, 0.1) is 5.41 Å². The van der Waals surface area contributed by atoms with Crippen molar-refractivity contribution in [1.82, 2.24) is 4.90 Å². The average molecular weight is 492 g/mol. The lowest BCUT2D eigenvalue weighted by molar-refractivity contribution is -0.139. The Bertz CT molecular complexity index is 1220. The number of benzene rings is 2. The van der Waals surface area contributed by atoms with Crippen LogP contribution in [-0.2, 0) is 9.59 Å².